The number of rotatable bonds is 5. The van der Waals surface area contributed by atoms with E-state index in [-0.39, 0.29) is 40.6 Å². The van der Waals surface area contributed by atoms with Crippen molar-refractivity contribution < 1.29 is 14.0 Å². The second-order valence-electron chi connectivity index (χ2n) is 9.54. The number of nitrogens with zero attached hydrogens (tertiary/aromatic N) is 7. The maximum Gasteiger partial charge on any atom is 0.277 e. The fourth-order valence-corrected chi connectivity index (χ4v) is 5.10. The Morgan fingerprint density at radius 2 is 2.14 bits per heavy atom. The molecule has 4 aromatic rings. The van der Waals surface area contributed by atoms with Crippen LogP contribution in [0.4, 0.5) is 4.39 Å². The van der Waals surface area contributed by atoms with E-state index in [1.54, 1.807) is 4.40 Å². The average molecular weight is 478 g/mol. The lowest BCUT2D eigenvalue weighted by molar-refractivity contribution is 0.0690. The Labute approximate surface area is 199 Å². The molecule has 1 N–H and O–H groups in total. The molecule has 0 bridgehead atoms. The monoisotopic (exact) mass is 477 g/mol. The van der Waals surface area contributed by atoms with Gasteiger partial charge in [-0.1, -0.05) is 12.1 Å². The van der Waals surface area contributed by atoms with Crippen LogP contribution < -0.4 is 5.56 Å². The van der Waals surface area contributed by atoms with Gasteiger partial charge in [0, 0.05) is 25.6 Å². The zero-order valence-electron chi connectivity index (χ0n) is 19.2. The molecule has 1 aliphatic heterocycles. The maximum atomic E-state index is 14.6. The molecule has 1 saturated carbocycles. The summed E-state index contributed by atoms with van der Waals surface area (Å²) in [5.74, 6) is 0.778. The smallest absolute Gasteiger partial charge is 0.277 e. The molecular weight excluding hydrogens is 453 g/mol. The number of aliphatic hydroxyl groups excluding tert-OH is 1. The van der Waals surface area contributed by atoms with Crippen molar-refractivity contribution >= 4 is 16.6 Å². The quantitative estimate of drug-likeness (QED) is 0.464. The largest absolute Gasteiger partial charge is 0.392 e. The van der Waals surface area contributed by atoms with Crippen molar-refractivity contribution in [2.24, 2.45) is 5.92 Å². The van der Waals surface area contributed by atoms with Gasteiger partial charge in [-0.25, -0.2) is 9.37 Å². The Morgan fingerprint density at radius 3 is 2.89 bits per heavy atom. The zero-order chi connectivity index (χ0) is 24.3. The first-order valence-corrected chi connectivity index (χ1v) is 11.8. The van der Waals surface area contributed by atoms with Crippen LogP contribution in [0.3, 0.4) is 0 Å². The van der Waals surface area contributed by atoms with E-state index in [2.05, 4.69) is 26.9 Å². The van der Waals surface area contributed by atoms with E-state index < -0.39 is 17.5 Å². The van der Waals surface area contributed by atoms with Gasteiger partial charge in [0.15, 0.2) is 0 Å². The summed E-state index contributed by atoms with van der Waals surface area (Å²) in [5.41, 5.74) is 0.602. The summed E-state index contributed by atoms with van der Waals surface area (Å²) in [4.78, 5) is 24.8. The summed E-state index contributed by atoms with van der Waals surface area (Å²) in [7, 11) is 0. The van der Waals surface area contributed by atoms with Crippen molar-refractivity contribution in [1.82, 2.24) is 29.0 Å². The highest BCUT2D eigenvalue weighted by Crippen LogP contribution is 2.46. The van der Waals surface area contributed by atoms with Gasteiger partial charge in [0.2, 0.25) is 11.7 Å². The molecular formula is C24H24FN7O3. The van der Waals surface area contributed by atoms with Crippen LogP contribution in [0.1, 0.15) is 43.6 Å². The van der Waals surface area contributed by atoms with Gasteiger partial charge in [0.25, 0.3) is 5.56 Å². The molecule has 6 rings (SSSR count). The number of halogens is 1. The molecule has 1 saturated heterocycles. The number of nitriles is 1. The van der Waals surface area contributed by atoms with Gasteiger partial charge in [0.05, 0.1) is 17.1 Å². The van der Waals surface area contributed by atoms with Crippen molar-refractivity contribution in [3.63, 3.8) is 0 Å². The van der Waals surface area contributed by atoms with Crippen LogP contribution in [0, 0.1) is 23.1 Å². The van der Waals surface area contributed by atoms with Crippen LogP contribution in [0.15, 0.2) is 27.8 Å². The molecule has 180 valence electrons. The molecule has 3 aromatic heterocycles. The highest BCUT2D eigenvalue weighted by molar-refractivity contribution is 5.87. The standard InChI is InChI=1S/C24H24FN7O3/c1-13-9-15(13)23-28-22(29-35-23)19-21-24(34)31(8-7-30-6-2-3-14(33)11-30)20-16(10-26)17(25)4-5-18(20)32(21)12-27-19/h4-5,12-15,33H,2-3,6-9,11H2,1H3. The van der Waals surface area contributed by atoms with Crippen molar-refractivity contribution in [1.29, 1.82) is 5.26 Å². The van der Waals surface area contributed by atoms with E-state index in [1.165, 1.54) is 23.0 Å². The van der Waals surface area contributed by atoms with Gasteiger partial charge >= 0.3 is 0 Å². The molecule has 35 heavy (non-hydrogen) atoms. The lowest BCUT2D eigenvalue weighted by Gasteiger charge is -2.30. The SMILES string of the molecule is CC1CC1c1nc(-c2ncn3c2c(=O)n(CCN2CCCC(O)C2)c2c(C#N)c(F)ccc23)no1. The van der Waals surface area contributed by atoms with Gasteiger partial charge in [-0.15, -0.1) is 0 Å². The van der Waals surface area contributed by atoms with Crippen LogP contribution in [-0.2, 0) is 6.54 Å². The summed E-state index contributed by atoms with van der Waals surface area (Å²) in [6, 6.07) is 4.68. The van der Waals surface area contributed by atoms with E-state index >= 15 is 0 Å². The minimum Gasteiger partial charge on any atom is -0.392 e. The molecule has 3 atom stereocenters. The van der Waals surface area contributed by atoms with Crippen LogP contribution in [0.2, 0.25) is 0 Å². The Hall–Kier alpha value is -3.62. The highest BCUT2D eigenvalue weighted by atomic mass is 19.1. The topological polar surface area (TPSA) is 125 Å². The molecule has 1 aromatic carbocycles. The first kappa shape index (κ1) is 21.9. The van der Waals surface area contributed by atoms with Gasteiger partial charge < -0.3 is 14.2 Å². The number of hydrogen-bond acceptors (Lipinski definition) is 8. The third kappa shape index (κ3) is 3.61. The van der Waals surface area contributed by atoms with E-state index in [4.69, 9.17) is 4.52 Å². The number of piperidine rings is 1. The Balaban J connectivity index is 1.51. The molecule has 1 aliphatic carbocycles. The molecule has 0 amide bonds. The summed E-state index contributed by atoms with van der Waals surface area (Å²) in [6.07, 6.45) is 3.65. The van der Waals surface area contributed by atoms with Crippen molar-refractivity contribution in [2.45, 2.75) is 44.8 Å². The molecule has 0 spiro atoms. The summed E-state index contributed by atoms with van der Waals surface area (Å²) < 4.78 is 23.1. The molecule has 4 heterocycles. The fraction of sp³-hybridized carbons (Fsp3) is 0.458. The van der Waals surface area contributed by atoms with Crippen LogP contribution in [0.25, 0.3) is 28.1 Å². The molecule has 3 unspecified atom stereocenters. The van der Waals surface area contributed by atoms with Gasteiger partial charge in [-0.2, -0.15) is 10.2 Å². The third-order valence-corrected chi connectivity index (χ3v) is 7.16. The molecule has 2 aliphatic rings. The number of aliphatic hydroxyl groups is 1. The number of fused-ring (bicyclic) bond motifs is 3. The number of β-amino-alcohol motifs (C(OH)–C–C–N with tert-alkyl or cyclic N) is 1. The Morgan fingerprint density at radius 1 is 1.31 bits per heavy atom. The van der Waals surface area contributed by atoms with Crippen molar-refractivity contribution in [3.8, 4) is 17.6 Å². The fourth-order valence-electron chi connectivity index (χ4n) is 5.10. The normalized spacial score (nSPS) is 22.6. The number of hydrogen-bond donors (Lipinski definition) is 1. The van der Waals surface area contributed by atoms with Crippen molar-refractivity contribution in [3.05, 3.63) is 46.1 Å². The van der Waals surface area contributed by atoms with E-state index in [0.717, 1.165) is 25.8 Å². The van der Waals surface area contributed by atoms with Gasteiger partial charge in [0.1, 0.15) is 35.0 Å². The minimum atomic E-state index is -0.692. The van der Waals surface area contributed by atoms with Gasteiger partial charge in [-0.3, -0.25) is 14.1 Å². The minimum absolute atomic E-state index is 0.194. The first-order valence-electron chi connectivity index (χ1n) is 11.8. The third-order valence-electron chi connectivity index (χ3n) is 7.16. The number of imidazole rings is 1. The predicted octanol–water partition coefficient (Wildman–Crippen LogP) is 2.29. The molecule has 11 heteroatoms. The van der Waals surface area contributed by atoms with Crippen LogP contribution >= 0.6 is 0 Å². The second-order valence-corrected chi connectivity index (χ2v) is 9.54. The lowest BCUT2D eigenvalue weighted by atomic mass is 10.1. The Bertz CT molecular complexity index is 1550. The van der Waals surface area contributed by atoms with Crippen LogP contribution in [-0.4, -0.2) is 59.8 Å². The summed E-state index contributed by atoms with van der Waals surface area (Å²) in [5, 5.41) is 23.8. The van der Waals surface area contributed by atoms with E-state index in [9.17, 15) is 19.6 Å². The highest BCUT2D eigenvalue weighted by Gasteiger charge is 2.39. The van der Waals surface area contributed by atoms with E-state index in [0.29, 0.717) is 30.4 Å². The predicted molar refractivity (Wildman–Crippen MR) is 123 cm³/mol. The molecule has 2 fully saturated rings. The summed E-state index contributed by atoms with van der Waals surface area (Å²) in [6.45, 7) is 4.11. The lowest BCUT2D eigenvalue weighted by Crippen LogP contribution is -2.41. The van der Waals surface area contributed by atoms with E-state index in [1.807, 2.05) is 6.07 Å². The van der Waals surface area contributed by atoms with Crippen LogP contribution in [0.5, 0.6) is 0 Å². The maximum absolute atomic E-state index is 14.6. The molecule has 0 radical (unpaired) electrons. The second kappa shape index (κ2) is 8.25. The first-order chi connectivity index (χ1) is 17.0. The number of likely N-dealkylation sites (tertiary alicyclic amines) is 1. The number of aromatic nitrogens is 5. The molecule has 10 nitrogen and oxygen atoms in total. The summed E-state index contributed by atoms with van der Waals surface area (Å²) >= 11 is 0. The average Bonchev–Trinajstić information content (AvgIpc) is 3.23. The zero-order valence-corrected chi connectivity index (χ0v) is 19.2. The van der Waals surface area contributed by atoms with Gasteiger partial charge in [-0.05, 0) is 43.9 Å². The Kier molecular flexibility index (Phi) is 5.16. The number of benzene rings is 1. The van der Waals surface area contributed by atoms with Crippen molar-refractivity contribution in [2.75, 3.05) is 19.6 Å².